The first-order valence-electron chi connectivity index (χ1n) is 7.75. The maximum Gasteiger partial charge on any atom is 0.236 e. The summed E-state index contributed by atoms with van der Waals surface area (Å²) < 4.78 is 17.4. The lowest BCUT2D eigenvalue weighted by Gasteiger charge is -2.37. The molecule has 0 radical (unpaired) electrons. The van der Waals surface area contributed by atoms with E-state index in [0.29, 0.717) is 0 Å². The molecule has 4 heterocycles. The number of ether oxygens (including phenoxy) is 2. The Labute approximate surface area is 133 Å². The molecular formula is C16H20N2O3S. The van der Waals surface area contributed by atoms with Crippen LogP contribution in [0.5, 0.6) is 0 Å². The first kappa shape index (κ1) is 14.4. The molecule has 0 atom stereocenters. The van der Waals surface area contributed by atoms with E-state index in [1.807, 2.05) is 24.4 Å². The highest BCUT2D eigenvalue weighted by Crippen LogP contribution is 2.32. The van der Waals surface area contributed by atoms with Crippen LogP contribution in [0.3, 0.4) is 0 Å². The Morgan fingerprint density at radius 3 is 2.73 bits per heavy atom. The fourth-order valence-electron chi connectivity index (χ4n) is 3.13. The lowest BCUT2D eigenvalue weighted by atomic mass is 10.0. The number of oxazole rings is 1. The second-order valence-electron chi connectivity index (χ2n) is 5.88. The van der Waals surface area contributed by atoms with Crippen molar-refractivity contribution >= 4 is 11.3 Å². The highest BCUT2D eigenvalue weighted by Gasteiger charge is 2.39. The van der Waals surface area contributed by atoms with Gasteiger partial charge in [0.15, 0.2) is 5.79 Å². The summed E-state index contributed by atoms with van der Waals surface area (Å²) in [6.45, 7) is 6.23. The molecule has 5 nitrogen and oxygen atoms in total. The van der Waals surface area contributed by atoms with Gasteiger partial charge in [0.25, 0.3) is 0 Å². The van der Waals surface area contributed by atoms with Crippen molar-refractivity contribution in [2.24, 2.45) is 0 Å². The van der Waals surface area contributed by atoms with E-state index >= 15 is 0 Å². The molecule has 1 spiro atoms. The highest BCUT2D eigenvalue weighted by atomic mass is 32.1. The number of nitrogens with zero attached hydrogens (tertiary/aromatic N) is 2. The van der Waals surface area contributed by atoms with Crippen molar-refractivity contribution in [2.45, 2.75) is 32.1 Å². The monoisotopic (exact) mass is 320 g/mol. The number of rotatable bonds is 3. The molecule has 22 heavy (non-hydrogen) atoms. The normalized spacial score (nSPS) is 21.7. The maximum absolute atomic E-state index is 5.82. The fourth-order valence-corrected chi connectivity index (χ4v) is 3.78. The van der Waals surface area contributed by atoms with Gasteiger partial charge in [-0.25, -0.2) is 4.98 Å². The zero-order valence-corrected chi connectivity index (χ0v) is 13.5. The first-order chi connectivity index (χ1) is 10.7. The van der Waals surface area contributed by atoms with Gasteiger partial charge in [0.1, 0.15) is 5.76 Å². The molecular weight excluding hydrogens is 300 g/mol. The number of aromatic nitrogens is 1. The van der Waals surface area contributed by atoms with Crippen LogP contribution in [0.2, 0.25) is 0 Å². The van der Waals surface area contributed by atoms with Gasteiger partial charge in [-0.3, -0.25) is 4.90 Å². The van der Waals surface area contributed by atoms with Gasteiger partial charge < -0.3 is 13.9 Å². The number of hydrogen-bond acceptors (Lipinski definition) is 6. The average Bonchev–Trinajstić information content (AvgIpc) is 3.24. The summed E-state index contributed by atoms with van der Waals surface area (Å²) in [4.78, 5) is 8.16. The van der Waals surface area contributed by atoms with Crippen molar-refractivity contribution in [3.05, 3.63) is 29.0 Å². The molecule has 0 N–H and O–H groups in total. The van der Waals surface area contributed by atoms with E-state index in [1.54, 1.807) is 11.3 Å². The van der Waals surface area contributed by atoms with Gasteiger partial charge in [-0.2, -0.15) is 0 Å². The second kappa shape index (κ2) is 5.77. The molecule has 2 aliphatic rings. The first-order valence-corrected chi connectivity index (χ1v) is 8.63. The Morgan fingerprint density at radius 1 is 1.27 bits per heavy atom. The van der Waals surface area contributed by atoms with Gasteiger partial charge in [0.05, 0.1) is 23.8 Å². The topological polar surface area (TPSA) is 47.7 Å². The Bertz CT molecular complexity index is 622. The number of aryl methyl sites for hydroxylation is 1. The van der Waals surface area contributed by atoms with Gasteiger partial charge in [0, 0.05) is 32.5 Å². The molecule has 6 heteroatoms. The average molecular weight is 320 g/mol. The van der Waals surface area contributed by atoms with Gasteiger partial charge in [-0.1, -0.05) is 6.07 Å². The Hall–Kier alpha value is -1.21. The Morgan fingerprint density at radius 2 is 2.05 bits per heavy atom. The van der Waals surface area contributed by atoms with Crippen LogP contribution in [0.4, 0.5) is 0 Å². The lowest BCUT2D eigenvalue weighted by Crippen LogP contribution is -2.44. The minimum Gasteiger partial charge on any atom is -0.440 e. The summed E-state index contributed by atoms with van der Waals surface area (Å²) in [6, 6.07) is 4.06. The summed E-state index contributed by atoms with van der Waals surface area (Å²) in [5, 5.41) is 2.04. The molecule has 118 valence electrons. The van der Waals surface area contributed by atoms with Crippen LogP contribution < -0.4 is 0 Å². The van der Waals surface area contributed by atoms with Crippen molar-refractivity contribution in [1.82, 2.24) is 9.88 Å². The summed E-state index contributed by atoms with van der Waals surface area (Å²) in [5.41, 5.74) is 1.03. The fraction of sp³-hybridized carbons (Fsp3) is 0.562. The van der Waals surface area contributed by atoms with Gasteiger partial charge >= 0.3 is 0 Å². The van der Waals surface area contributed by atoms with Crippen LogP contribution in [-0.2, 0) is 16.0 Å². The molecule has 0 amide bonds. The molecule has 2 aromatic rings. The molecule has 0 unspecified atom stereocenters. The molecule has 4 rings (SSSR count). The minimum atomic E-state index is -0.308. The third kappa shape index (κ3) is 2.72. The maximum atomic E-state index is 5.82. The van der Waals surface area contributed by atoms with Crippen molar-refractivity contribution in [2.75, 3.05) is 26.3 Å². The van der Waals surface area contributed by atoms with Gasteiger partial charge in [-0.15, -0.1) is 11.3 Å². The molecule has 2 fully saturated rings. The molecule has 2 aliphatic heterocycles. The Kier molecular flexibility index (Phi) is 3.78. The Balaban J connectivity index is 1.42. The smallest absolute Gasteiger partial charge is 0.236 e. The molecule has 2 saturated heterocycles. The quantitative estimate of drug-likeness (QED) is 0.870. The summed E-state index contributed by atoms with van der Waals surface area (Å²) in [6.07, 6.45) is 1.86. The van der Waals surface area contributed by atoms with E-state index in [4.69, 9.17) is 13.9 Å². The van der Waals surface area contributed by atoms with Gasteiger partial charge in [0.2, 0.25) is 5.89 Å². The van der Waals surface area contributed by atoms with Crippen molar-refractivity contribution in [3.63, 3.8) is 0 Å². The van der Waals surface area contributed by atoms with E-state index in [0.717, 1.165) is 67.9 Å². The van der Waals surface area contributed by atoms with E-state index < -0.39 is 0 Å². The van der Waals surface area contributed by atoms with Crippen molar-refractivity contribution in [1.29, 1.82) is 0 Å². The number of hydrogen-bond donors (Lipinski definition) is 0. The molecule has 2 aromatic heterocycles. The van der Waals surface area contributed by atoms with Crippen LogP contribution >= 0.6 is 11.3 Å². The SMILES string of the molecule is Cc1oc(-c2cccs2)nc1CN1CCC2(CC1)OCCO2. The number of thiophene rings is 1. The second-order valence-corrected chi connectivity index (χ2v) is 6.83. The van der Waals surface area contributed by atoms with Crippen molar-refractivity contribution < 1.29 is 13.9 Å². The van der Waals surface area contributed by atoms with E-state index in [-0.39, 0.29) is 5.79 Å². The summed E-state index contributed by atoms with van der Waals surface area (Å²) in [5.74, 6) is 1.34. The standard InChI is InChI=1S/C16H20N2O3S/c1-12-13(17-15(21-12)14-3-2-10-22-14)11-18-6-4-16(5-7-18)19-8-9-20-16/h2-3,10H,4-9,11H2,1H3. The van der Waals surface area contributed by atoms with E-state index in [1.165, 1.54) is 0 Å². The van der Waals surface area contributed by atoms with Crippen LogP contribution in [0.25, 0.3) is 10.8 Å². The zero-order valence-electron chi connectivity index (χ0n) is 12.7. The lowest BCUT2D eigenvalue weighted by molar-refractivity contribution is -0.185. The third-order valence-electron chi connectivity index (χ3n) is 4.43. The largest absolute Gasteiger partial charge is 0.440 e. The highest BCUT2D eigenvalue weighted by molar-refractivity contribution is 7.13. The zero-order chi connectivity index (χ0) is 15.0. The number of piperidine rings is 1. The van der Waals surface area contributed by atoms with Crippen molar-refractivity contribution in [3.8, 4) is 10.8 Å². The number of likely N-dealkylation sites (tertiary alicyclic amines) is 1. The van der Waals surface area contributed by atoms with Crippen LogP contribution in [0.1, 0.15) is 24.3 Å². The summed E-state index contributed by atoms with van der Waals surface area (Å²) >= 11 is 1.65. The molecule has 0 saturated carbocycles. The summed E-state index contributed by atoms with van der Waals surface area (Å²) in [7, 11) is 0. The minimum absolute atomic E-state index is 0.308. The predicted octanol–water partition coefficient (Wildman–Crippen LogP) is 3.05. The molecule has 0 bridgehead atoms. The van der Waals surface area contributed by atoms with E-state index in [9.17, 15) is 0 Å². The predicted molar refractivity (Wildman–Crippen MR) is 83.7 cm³/mol. The van der Waals surface area contributed by atoms with Gasteiger partial charge in [-0.05, 0) is 18.4 Å². The van der Waals surface area contributed by atoms with E-state index in [2.05, 4.69) is 9.88 Å². The van der Waals surface area contributed by atoms with Crippen LogP contribution in [0, 0.1) is 6.92 Å². The van der Waals surface area contributed by atoms with Crippen LogP contribution in [0.15, 0.2) is 21.9 Å². The molecule has 0 aromatic carbocycles. The molecule has 0 aliphatic carbocycles. The third-order valence-corrected chi connectivity index (χ3v) is 5.29. The van der Waals surface area contributed by atoms with Crippen LogP contribution in [-0.4, -0.2) is 42.0 Å².